The number of hydrogen-bond donors (Lipinski definition) is 1. The molecule has 1 unspecified atom stereocenters. The third kappa shape index (κ3) is 8.52. The lowest BCUT2D eigenvalue weighted by Gasteiger charge is -2.41. The van der Waals surface area contributed by atoms with Gasteiger partial charge >= 0.3 is 5.97 Å². The van der Waals surface area contributed by atoms with E-state index in [0.29, 0.717) is 35.3 Å². The number of aromatic nitrogens is 2. The van der Waals surface area contributed by atoms with Gasteiger partial charge in [0.1, 0.15) is 5.82 Å². The maximum atomic E-state index is 15.5. The summed E-state index contributed by atoms with van der Waals surface area (Å²) in [6.45, 7) is 17.7. The number of anilines is 2. The van der Waals surface area contributed by atoms with Gasteiger partial charge in [0.2, 0.25) is 0 Å². The van der Waals surface area contributed by atoms with Crippen LogP contribution in [0, 0.1) is 24.0 Å². The maximum Gasteiger partial charge on any atom is 0.340 e. The minimum atomic E-state index is -1.03. The van der Waals surface area contributed by atoms with Gasteiger partial charge in [0, 0.05) is 54.4 Å². The Kier molecular flexibility index (Phi) is 10.3. The number of piperidine rings is 1. The Hall–Kier alpha value is -3.59. The topological polar surface area (TPSA) is 76.6 Å². The molecule has 4 rings (SSSR count). The summed E-state index contributed by atoms with van der Waals surface area (Å²) >= 11 is 0. The third-order valence-corrected chi connectivity index (χ3v) is 7.79. The van der Waals surface area contributed by atoms with Gasteiger partial charge in [0.25, 0.3) is 0 Å². The monoisotopic (exact) mass is 608 g/mol. The standard InChI is InChI=1S/C35H46F2N4O3/c1-22(2)43-33(42)31(44-34(4,5)6)29-23(3)39-21-27(30(29)41-17-14-35(7,8)15-18-41)25-19-28(37)32(40-20-25)38-16-13-24-9-11-26(36)12-10-24/h9-12,19-22,31H,13-18H2,1-8H3,(H,38,40). The second-order valence-electron chi connectivity index (χ2n) is 13.6. The molecule has 1 aromatic carbocycles. The number of nitrogens with zero attached hydrogens (tertiary/aromatic N) is 3. The highest BCUT2D eigenvalue weighted by molar-refractivity contribution is 5.87. The van der Waals surface area contributed by atoms with Crippen molar-refractivity contribution in [3.05, 3.63) is 71.2 Å². The number of esters is 1. The molecule has 9 heteroatoms. The summed E-state index contributed by atoms with van der Waals surface area (Å²) in [6.07, 6.45) is 4.50. The van der Waals surface area contributed by atoms with E-state index in [-0.39, 0.29) is 23.2 Å². The minimum Gasteiger partial charge on any atom is -0.461 e. The summed E-state index contributed by atoms with van der Waals surface area (Å²) in [5.41, 5.74) is 3.76. The number of benzene rings is 1. The predicted octanol–water partition coefficient (Wildman–Crippen LogP) is 7.82. The molecule has 1 atom stereocenters. The molecule has 3 heterocycles. The van der Waals surface area contributed by atoms with Crippen LogP contribution < -0.4 is 10.2 Å². The molecule has 1 fully saturated rings. The Morgan fingerprint density at radius 1 is 1.07 bits per heavy atom. The number of pyridine rings is 2. The molecule has 238 valence electrons. The summed E-state index contributed by atoms with van der Waals surface area (Å²) in [6, 6.07) is 7.69. The van der Waals surface area contributed by atoms with Gasteiger partial charge in [0.15, 0.2) is 17.7 Å². The molecule has 44 heavy (non-hydrogen) atoms. The van der Waals surface area contributed by atoms with E-state index in [4.69, 9.17) is 9.47 Å². The first-order valence-electron chi connectivity index (χ1n) is 15.4. The van der Waals surface area contributed by atoms with E-state index < -0.39 is 23.5 Å². The Balaban J connectivity index is 1.75. The van der Waals surface area contributed by atoms with Gasteiger partial charge in [0.05, 0.1) is 17.4 Å². The van der Waals surface area contributed by atoms with Crippen molar-refractivity contribution in [3.8, 4) is 11.1 Å². The molecular formula is C35H46F2N4O3. The van der Waals surface area contributed by atoms with E-state index in [2.05, 4.69) is 34.0 Å². The van der Waals surface area contributed by atoms with E-state index >= 15 is 4.39 Å². The molecule has 0 bridgehead atoms. The highest BCUT2D eigenvalue weighted by atomic mass is 19.1. The molecule has 1 aliphatic heterocycles. The Morgan fingerprint density at radius 2 is 1.73 bits per heavy atom. The normalized spacial score (nSPS) is 15.8. The molecular weight excluding hydrogens is 562 g/mol. The minimum absolute atomic E-state index is 0.131. The van der Waals surface area contributed by atoms with Crippen LogP contribution in [-0.2, 0) is 20.7 Å². The van der Waals surface area contributed by atoms with Crippen molar-refractivity contribution in [1.29, 1.82) is 0 Å². The number of ether oxygens (including phenoxy) is 2. The second kappa shape index (κ2) is 13.6. The van der Waals surface area contributed by atoms with E-state index in [0.717, 1.165) is 37.2 Å². The van der Waals surface area contributed by atoms with Crippen LogP contribution >= 0.6 is 0 Å². The van der Waals surface area contributed by atoms with Crippen LogP contribution in [0.2, 0.25) is 0 Å². The zero-order chi connectivity index (χ0) is 32.2. The van der Waals surface area contributed by atoms with Gasteiger partial charge in [-0.15, -0.1) is 0 Å². The lowest BCUT2D eigenvalue weighted by Crippen LogP contribution is -2.39. The third-order valence-electron chi connectivity index (χ3n) is 7.79. The van der Waals surface area contributed by atoms with Crippen LogP contribution in [0.25, 0.3) is 11.1 Å². The molecule has 0 saturated carbocycles. The van der Waals surface area contributed by atoms with Crippen molar-refractivity contribution in [3.63, 3.8) is 0 Å². The second-order valence-corrected chi connectivity index (χ2v) is 13.6. The molecule has 1 aliphatic rings. The van der Waals surface area contributed by atoms with Crippen molar-refractivity contribution in [1.82, 2.24) is 9.97 Å². The first-order chi connectivity index (χ1) is 20.6. The molecule has 1 saturated heterocycles. The van der Waals surface area contributed by atoms with E-state index in [1.807, 2.05) is 41.5 Å². The lowest BCUT2D eigenvalue weighted by atomic mass is 9.82. The van der Waals surface area contributed by atoms with E-state index in [9.17, 15) is 9.18 Å². The van der Waals surface area contributed by atoms with Crippen LogP contribution in [0.3, 0.4) is 0 Å². The number of rotatable bonds is 10. The summed E-state index contributed by atoms with van der Waals surface area (Å²) in [5, 5.41) is 3.05. The van der Waals surface area contributed by atoms with Crippen molar-refractivity contribution >= 4 is 17.5 Å². The Bertz CT molecular complexity index is 1440. The summed E-state index contributed by atoms with van der Waals surface area (Å²) < 4.78 is 40.8. The van der Waals surface area contributed by atoms with E-state index in [1.165, 1.54) is 18.2 Å². The fraction of sp³-hybridized carbons (Fsp3) is 0.514. The number of carbonyl (C=O) groups excluding carboxylic acids is 1. The van der Waals surface area contributed by atoms with Crippen molar-refractivity contribution < 1.29 is 23.0 Å². The van der Waals surface area contributed by atoms with Gasteiger partial charge in [-0.2, -0.15) is 0 Å². The zero-order valence-electron chi connectivity index (χ0n) is 27.3. The highest BCUT2D eigenvalue weighted by Gasteiger charge is 2.37. The average Bonchev–Trinajstić information content (AvgIpc) is 2.93. The first-order valence-corrected chi connectivity index (χ1v) is 15.4. The molecule has 7 nitrogen and oxygen atoms in total. The fourth-order valence-corrected chi connectivity index (χ4v) is 5.37. The number of carbonyl (C=O) groups is 1. The van der Waals surface area contributed by atoms with Crippen molar-refractivity contribution in [2.24, 2.45) is 5.41 Å². The molecule has 1 N–H and O–H groups in total. The van der Waals surface area contributed by atoms with Gasteiger partial charge in [-0.3, -0.25) is 4.98 Å². The SMILES string of the molecule is Cc1ncc(-c2cnc(NCCc3ccc(F)cc3)c(F)c2)c(N2CCC(C)(C)CC2)c1C(OC(C)(C)C)C(=O)OC(C)C. The number of halogens is 2. The molecule has 3 aromatic rings. The van der Waals surface area contributed by atoms with Crippen LogP contribution in [0.15, 0.2) is 42.7 Å². The highest BCUT2D eigenvalue weighted by Crippen LogP contribution is 2.44. The van der Waals surface area contributed by atoms with Gasteiger partial charge in [-0.1, -0.05) is 26.0 Å². The fourth-order valence-electron chi connectivity index (χ4n) is 5.37. The lowest BCUT2D eigenvalue weighted by molar-refractivity contribution is -0.171. The summed E-state index contributed by atoms with van der Waals surface area (Å²) in [7, 11) is 0. The zero-order valence-corrected chi connectivity index (χ0v) is 27.3. The van der Waals surface area contributed by atoms with Crippen LogP contribution in [0.5, 0.6) is 0 Å². The van der Waals surface area contributed by atoms with Gasteiger partial charge in [-0.25, -0.2) is 18.6 Å². The van der Waals surface area contributed by atoms with Crippen LogP contribution in [-0.4, -0.2) is 47.3 Å². The Morgan fingerprint density at radius 3 is 2.32 bits per heavy atom. The summed E-state index contributed by atoms with van der Waals surface area (Å²) in [4.78, 5) is 25.0. The molecule has 0 radical (unpaired) electrons. The van der Waals surface area contributed by atoms with Crippen LogP contribution in [0.1, 0.15) is 84.2 Å². The largest absolute Gasteiger partial charge is 0.461 e. The smallest absolute Gasteiger partial charge is 0.340 e. The number of nitrogens with one attached hydrogen (secondary N) is 1. The summed E-state index contributed by atoms with van der Waals surface area (Å²) in [5.74, 6) is -1.15. The maximum absolute atomic E-state index is 15.5. The molecule has 2 aromatic heterocycles. The number of hydrogen-bond acceptors (Lipinski definition) is 7. The molecule has 0 spiro atoms. The molecule has 0 amide bonds. The van der Waals surface area contributed by atoms with E-state index in [1.54, 1.807) is 24.5 Å². The van der Waals surface area contributed by atoms with Crippen molar-refractivity contribution in [2.45, 2.75) is 92.5 Å². The van der Waals surface area contributed by atoms with Crippen LogP contribution in [0.4, 0.5) is 20.3 Å². The Labute approximate surface area is 260 Å². The number of aryl methyl sites for hydroxylation is 1. The predicted molar refractivity (Wildman–Crippen MR) is 171 cm³/mol. The van der Waals surface area contributed by atoms with Gasteiger partial charge in [-0.05, 0) is 90.0 Å². The van der Waals surface area contributed by atoms with Gasteiger partial charge < -0.3 is 19.7 Å². The quantitative estimate of drug-likeness (QED) is 0.235. The average molecular weight is 609 g/mol. The first kappa shape index (κ1) is 33.3. The molecule has 0 aliphatic carbocycles. The van der Waals surface area contributed by atoms with Crippen molar-refractivity contribution in [2.75, 3.05) is 29.9 Å².